The summed E-state index contributed by atoms with van der Waals surface area (Å²) >= 11 is 6.64. The van der Waals surface area contributed by atoms with Crippen LogP contribution in [-0.2, 0) is 6.18 Å². The Balaban J connectivity index is 1.21. The third kappa shape index (κ3) is 10.1. The van der Waals surface area contributed by atoms with Crippen LogP contribution in [0.4, 0.5) is 45.5 Å². The molecule has 0 saturated heterocycles. The van der Waals surface area contributed by atoms with Crippen LogP contribution in [0, 0.1) is 0 Å². The van der Waals surface area contributed by atoms with E-state index in [0.717, 1.165) is 28.2 Å². The zero-order valence-corrected chi connectivity index (χ0v) is 37.7. The number of carbonyl (C=O) groups excluding carboxylic acids is 2. The van der Waals surface area contributed by atoms with Gasteiger partial charge in [0.25, 0.3) is 0 Å². The van der Waals surface area contributed by atoms with Gasteiger partial charge in [0.2, 0.25) is 11.8 Å². The normalized spacial score (nSPS) is 11.1. The van der Waals surface area contributed by atoms with E-state index in [9.17, 15) is 22.8 Å². The van der Waals surface area contributed by atoms with E-state index in [4.69, 9.17) is 44.8 Å². The minimum Gasteiger partial charge on any atom is -0.495 e. The van der Waals surface area contributed by atoms with Gasteiger partial charge in [-0.3, -0.25) is 0 Å². The smallest absolute Gasteiger partial charge is 0.416 e. The molecule has 8 aromatic rings. The Morgan fingerprint density at radius 3 is 1.49 bits per heavy atom. The number of nitrogens with zero attached hydrogens (tertiary/aromatic N) is 6. The second-order valence-electron chi connectivity index (χ2n) is 14.4. The predicted molar refractivity (Wildman–Crippen MR) is 251 cm³/mol. The van der Waals surface area contributed by atoms with Crippen LogP contribution in [0.5, 0.6) is 52.0 Å². The molecule has 2 heterocycles. The van der Waals surface area contributed by atoms with E-state index in [0.29, 0.717) is 44.8 Å². The number of amides is 4. The molecule has 0 radical (unpaired) electrons. The summed E-state index contributed by atoms with van der Waals surface area (Å²) in [7, 11) is 7.33. The molecule has 2 aromatic heterocycles. The van der Waals surface area contributed by atoms with E-state index >= 15 is 0 Å². The van der Waals surface area contributed by atoms with Gasteiger partial charge in [0, 0.05) is 35.6 Å². The van der Waals surface area contributed by atoms with Crippen molar-refractivity contribution < 1.29 is 55.9 Å². The van der Waals surface area contributed by atoms with Gasteiger partial charge in [0.15, 0.2) is 23.0 Å². The Morgan fingerprint density at radius 2 is 0.986 bits per heavy atom. The molecule has 69 heavy (non-hydrogen) atoms. The Kier molecular flexibility index (Phi) is 13.5. The number of anilines is 4. The van der Waals surface area contributed by atoms with E-state index in [1.165, 1.54) is 96.7 Å². The van der Waals surface area contributed by atoms with Crippen LogP contribution in [-0.4, -0.2) is 67.5 Å². The highest BCUT2D eigenvalue weighted by atomic mass is 35.5. The number of nitrogens with one attached hydrogen (secondary N) is 2. The van der Waals surface area contributed by atoms with Crippen molar-refractivity contribution in [3.05, 3.63) is 139 Å². The van der Waals surface area contributed by atoms with Gasteiger partial charge in [-0.15, -0.1) is 0 Å². The van der Waals surface area contributed by atoms with Crippen molar-refractivity contribution in [2.24, 2.45) is 0 Å². The average molecular weight is 963 g/mol. The Morgan fingerprint density at radius 1 is 0.522 bits per heavy atom. The Bertz CT molecular complexity index is 3220. The molecular weight excluding hydrogens is 925 g/mol. The largest absolute Gasteiger partial charge is 0.495 e. The number of halogens is 4. The van der Waals surface area contributed by atoms with Crippen molar-refractivity contribution in [1.82, 2.24) is 19.9 Å². The maximum Gasteiger partial charge on any atom is 0.416 e. The van der Waals surface area contributed by atoms with Gasteiger partial charge in [-0.2, -0.15) is 23.2 Å². The van der Waals surface area contributed by atoms with E-state index in [2.05, 4.69) is 30.6 Å². The van der Waals surface area contributed by atoms with E-state index in [-0.39, 0.29) is 56.8 Å². The lowest BCUT2D eigenvalue weighted by Gasteiger charge is -2.35. The number of ether oxygens (including phenoxy) is 7. The van der Waals surface area contributed by atoms with Crippen LogP contribution in [0.2, 0.25) is 5.02 Å². The first-order chi connectivity index (χ1) is 33.3. The maximum atomic E-state index is 15.0. The number of hydrogen-bond acceptors (Lipinski definition) is 13. The molecule has 0 aliphatic heterocycles. The van der Waals surface area contributed by atoms with E-state index in [1.807, 2.05) is 0 Å². The molecule has 0 spiro atoms. The molecule has 0 aliphatic carbocycles. The first kappa shape index (κ1) is 46.7. The lowest BCUT2D eigenvalue weighted by Crippen LogP contribution is -2.54. The third-order valence-electron chi connectivity index (χ3n) is 10.2. The number of alkyl halides is 3. The fourth-order valence-electron chi connectivity index (χ4n) is 6.98. The molecule has 8 rings (SSSR count). The second-order valence-corrected chi connectivity index (χ2v) is 14.8. The van der Waals surface area contributed by atoms with Crippen LogP contribution in [0.15, 0.2) is 128 Å². The Labute approximate surface area is 395 Å². The van der Waals surface area contributed by atoms with E-state index in [1.54, 1.807) is 48.5 Å². The summed E-state index contributed by atoms with van der Waals surface area (Å²) in [6.07, 6.45) is -2.14. The highest BCUT2D eigenvalue weighted by Crippen LogP contribution is 2.40. The highest BCUT2D eigenvalue weighted by molar-refractivity contribution is 6.32. The van der Waals surface area contributed by atoms with Gasteiger partial charge in [0.05, 0.1) is 79.3 Å². The number of hydrogen-bond donors (Lipinski definition) is 2. The molecule has 0 fully saturated rings. The monoisotopic (exact) mass is 962 g/mol. The van der Waals surface area contributed by atoms with Crippen molar-refractivity contribution in [2.45, 2.75) is 6.18 Å². The SMILES string of the molecule is COc1ccc(N(C(=O)Nc2cccc(Oc3ncnc4cc(OC)c(OC)cc34)c2)N(C(=O)Nc2cccc(C(F)(F)F)c2)c2cccc(Oc3ncnc4cc(OC)c(OC)cc34)c2)cc1Cl. The molecule has 2 N–H and O–H groups in total. The van der Waals surface area contributed by atoms with Gasteiger partial charge >= 0.3 is 18.2 Å². The first-order valence-electron chi connectivity index (χ1n) is 20.3. The minimum absolute atomic E-state index is 0.0101. The summed E-state index contributed by atoms with van der Waals surface area (Å²) in [5.74, 6) is 2.48. The van der Waals surface area contributed by atoms with Crippen LogP contribution >= 0.6 is 11.6 Å². The predicted octanol–water partition coefficient (Wildman–Crippen LogP) is 11.6. The molecule has 0 saturated carbocycles. The maximum absolute atomic E-state index is 15.0. The molecule has 6 aromatic carbocycles. The number of rotatable bonds is 13. The second kappa shape index (κ2) is 20.0. The van der Waals surface area contributed by atoms with Crippen molar-refractivity contribution in [2.75, 3.05) is 56.2 Å². The standard InChI is InChI=1S/C48H38ClF3N8O9/c1-63-39-16-15-31(20-36(39)49)60(47(62)58-29-11-7-13-32(18-29)68-44-34-21-40(64-2)42(66-4)23-37(34)53-25-55-44)59(46(61)57-28-10-6-9-27(17-28)48(50,51)52)30-12-8-14-33(19-30)69-45-35-22-41(65-3)43(67-5)24-38(35)54-26-56-45/h6-26H,1-5H3,(H,57,61)(H,58,62). The Hall–Kier alpha value is -8.78. The summed E-state index contributed by atoms with van der Waals surface area (Å²) in [4.78, 5) is 47.1. The molecule has 0 aliphatic rings. The summed E-state index contributed by atoms with van der Waals surface area (Å²) in [5, 5.41) is 8.11. The molecular formula is C48H38ClF3N8O9. The van der Waals surface area contributed by atoms with Gasteiger partial charge < -0.3 is 43.8 Å². The van der Waals surface area contributed by atoms with Crippen LogP contribution in [0.25, 0.3) is 21.8 Å². The summed E-state index contributed by atoms with van der Waals surface area (Å²) in [5.41, 5.74) is -0.141. The third-order valence-corrected chi connectivity index (χ3v) is 10.5. The number of carbonyl (C=O) groups is 2. The molecule has 0 bridgehead atoms. The quantitative estimate of drug-likeness (QED) is 0.104. The molecule has 0 unspecified atom stereocenters. The minimum atomic E-state index is -4.74. The average Bonchev–Trinajstić information content (AvgIpc) is 3.34. The van der Waals surface area contributed by atoms with Gasteiger partial charge in [-0.25, -0.2) is 29.5 Å². The lowest BCUT2D eigenvalue weighted by atomic mass is 10.2. The van der Waals surface area contributed by atoms with Crippen LogP contribution in [0.1, 0.15) is 5.56 Å². The van der Waals surface area contributed by atoms with E-state index < -0.39 is 23.8 Å². The van der Waals surface area contributed by atoms with Gasteiger partial charge in [0.1, 0.15) is 29.9 Å². The van der Waals surface area contributed by atoms with Gasteiger partial charge in [-0.1, -0.05) is 29.8 Å². The van der Waals surface area contributed by atoms with Crippen LogP contribution < -0.4 is 53.8 Å². The fourth-order valence-corrected chi connectivity index (χ4v) is 7.23. The molecule has 17 nitrogen and oxygen atoms in total. The van der Waals surface area contributed by atoms with Crippen molar-refractivity contribution in [3.8, 4) is 52.0 Å². The molecule has 0 atom stereocenters. The van der Waals surface area contributed by atoms with Crippen molar-refractivity contribution in [1.29, 1.82) is 0 Å². The zero-order valence-electron chi connectivity index (χ0n) is 37.0. The van der Waals surface area contributed by atoms with Crippen molar-refractivity contribution in [3.63, 3.8) is 0 Å². The number of benzene rings is 6. The lowest BCUT2D eigenvalue weighted by molar-refractivity contribution is -0.137. The first-order valence-corrected chi connectivity index (χ1v) is 20.7. The number of aromatic nitrogens is 4. The summed E-state index contributed by atoms with van der Waals surface area (Å²) in [6, 6.07) is 25.1. The number of fused-ring (bicyclic) bond motifs is 2. The fraction of sp³-hybridized carbons (Fsp3) is 0.125. The molecule has 352 valence electrons. The number of methoxy groups -OCH3 is 5. The summed E-state index contributed by atoms with van der Waals surface area (Å²) in [6.45, 7) is 0. The molecule has 21 heteroatoms. The number of urea groups is 2. The number of hydrazine groups is 1. The topological polar surface area (TPSA) is 181 Å². The zero-order chi connectivity index (χ0) is 48.8. The molecule has 4 amide bonds. The van der Waals surface area contributed by atoms with Gasteiger partial charge in [-0.05, 0) is 72.8 Å². The highest BCUT2D eigenvalue weighted by Gasteiger charge is 2.33. The summed E-state index contributed by atoms with van der Waals surface area (Å²) < 4.78 is 81.4. The van der Waals surface area contributed by atoms with Crippen molar-refractivity contribution >= 4 is 68.2 Å². The van der Waals surface area contributed by atoms with Crippen LogP contribution in [0.3, 0.4) is 0 Å².